The van der Waals surface area contributed by atoms with Crippen molar-refractivity contribution in [2.24, 2.45) is 0 Å². The fourth-order valence-corrected chi connectivity index (χ4v) is 2.81. The van der Waals surface area contributed by atoms with Gasteiger partial charge in [0.1, 0.15) is 11.5 Å². The highest BCUT2D eigenvalue weighted by Crippen LogP contribution is 2.39. The molecule has 0 bridgehead atoms. The van der Waals surface area contributed by atoms with Gasteiger partial charge in [-0.05, 0) is 36.6 Å². The third kappa shape index (κ3) is 2.70. The second-order valence-corrected chi connectivity index (χ2v) is 5.22. The lowest BCUT2D eigenvalue weighted by Crippen LogP contribution is -2.14. The molecule has 4 heteroatoms. The first kappa shape index (κ1) is 14.6. The minimum atomic E-state index is -0.911. The van der Waals surface area contributed by atoms with Crippen LogP contribution in [0.1, 0.15) is 34.0 Å². The molecule has 1 aliphatic rings. The van der Waals surface area contributed by atoms with Crippen molar-refractivity contribution in [2.45, 2.75) is 19.8 Å². The van der Waals surface area contributed by atoms with Crippen molar-refractivity contribution in [3.05, 3.63) is 58.7 Å². The molecule has 1 heterocycles. The van der Waals surface area contributed by atoms with Crippen LogP contribution in [0.15, 0.2) is 36.4 Å². The molecule has 114 valence electrons. The largest absolute Gasteiger partial charge is 0.478 e. The van der Waals surface area contributed by atoms with E-state index in [9.17, 15) is 9.90 Å². The van der Waals surface area contributed by atoms with E-state index < -0.39 is 5.97 Å². The van der Waals surface area contributed by atoms with E-state index in [2.05, 4.69) is 0 Å². The molecule has 0 saturated heterocycles. The number of ether oxygens (including phenoxy) is 2. The second kappa shape index (κ2) is 6.20. The van der Waals surface area contributed by atoms with Crippen molar-refractivity contribution in [3.63, 3.8) is 0 Å². The lowest BCUT2D eigenvalue weighted by atomic mass is 9.91. The molecular formula is C18H18O4. The van der Waals surface area contributed by atoms with E-state index in [0.717, 1.165) is 22.4 Å². The highest BCUT2D eigenvalue weighted by molar-refractivity contribution is 5.92. The molecule has 1 N–H and O–H groups in total. The van der Waals surface area contributed by atoms with Crippen molar-refractivity contribution >= 4 is 5.97 Å². The topological polar surface area (TPSA) is 55.8 Å². The minimum Gasteiger partial charge on any atom is -0.478 e. The van der Waals surface area contributed by atoms with Crippen LogP contribution in [-0.2, 0) is 17.6 Å². The van der Waals surface area contributed by atoms with E-state index >= 15 is 0 Å². The Morgan fingerprint density at radius 3 is 2.82 bits per heavy atom. The summed E-state index contributed by atoms with van der Waals surface area (Å²) in [6, 6.07) is 11.4. The standard InChI is InChI=1S/C18H18O4/c1-2-21-10-9-12-7-8-16-14(17(12)18(19)20)11-13-5-3-4-6-15(13)22-16/h3-8H,2,9-11H2,1H3,(H,19,20). The number of para-hydroxylation sites is 1. The maximum absolute atomic E-state index is 11.7. The molecule has 0 spiro atoms. The molecular weight excluding hydrogens is 280 g/mol. The Balaban J connectivity index is 2.00. The maximum atomic E-state index is 11.7. The number of aromatic carboxylic acids is 1. The number of benzene rings is 2. The van der Waals surface area contributed by atoms with Crippen molar-refractivity contribution < 1.29 is 19.4 Å². The van der Waals surface area contributed by atoms with Crippen LogP contribution < -0.4 is 4.74 Å². The van der Waals surface area contributed by atoms with Crippen molar-refractivity contribution in [2.75, 3.05) is 13.2 Å². The number of hydrogen-bond donors (Lipinski definition) is 1. The number of rotatable bonds is 5. The van der Waals surface area contributed by atoms with Gasteiger partial charge in [-0.3, -0.25) is 0 Å². The Labute approximate surface area is 129 Å². The number of hydrogen-bond acceptors (Lipinski definition) is 3. The molecule has 0 amide bonds. The molecule has 0 saturated carbocycles. The zero-order chi connectivity index (χ0) is 15.5. The van der Waals surface area contributed by atoms with Crippen molar-refractivity contribution in [3.8, 4) is 11.5 Å². The second-order valence-electron chi connectivity index (χ2n) is 5.22. The molecule has 4 nitrogen and oxygen atoms in total. The SMILES string of the molecule is CCOCCc1ccc2c(c1C(=O)O)Cc1ccccc1O2. The van der Waals surface area contributed by atoms with E-state index in [1.165, 1.54) is 0 Å². The average Bonchev–Trinajstić information content (AvgIpc) is 2.52. The molecule has 22 heavy (non-hydrogen) atoms. The van der Waals surface area contributed by atoms with Crippen LogP contribution in [0, 0.1) is 0 Å². The average molecular weight is 298 g/mol. The fourth-order valence-electron chi connectivity index (χ4n) is 2.81. The monoisotopic (exact) mass is 298 g/mol. The van der Waals surface area contributed by atoms with E-state index in [1.54, 1.807) is 0 Å². The molecule has 0 unspecified atom stereocenters. The molecule has 1 aliphatic heterocycles. The predicted octanol–water partition coefficient (Wildman–Crippen LogP) is 3.66. The summed E-state index contributed by atoms with van der Waals surface area (Å²) in [7, 11) is 0. The van der Waals surface area contributed by atoms with Gasteiger partial charge in [0.2, 0.25) is 0 Å². The minimum absolute atomic E-state index is 0.353. The summed E-state index contributed by atoms with van der Waals surface area (Å²) in [5, 5.41) is 9.63. The molecule has 0 atom stereocenters. The van der Waals surface area contributed by atoms with E-state index in [-0.39, 0.29) is 0 Å². The molecule has 0 radical (unpaired) electrons. The van der Waals surface area contributed by atoms with Crippen LogP contribution >= 0.6 is 0 Å². The number of carboxylic acids is 1. The Morgan fingerprint density at radius 1 is 1.23 bits per heavy atom. The van der Waals surface area contributed by atoms with Gasteiger partial charge in [0.05, 0.1) is 12.2 Å². The molecule has 0 fully saturated rings. The molecule has 3 rings (SSSR count). The Hall–Kier alpha value is -2.33. The maximum Gasteiger partial charge on any atom is 0.336 e. The summed E-state index contributed by atoms with van der Waals surface area (Å²) < 4.78 is 11.2. The van der Waals surface area contributed by atoms with E-state index in [1.807, 2.05) is 43.3 Å². The molecule has 0 aromatic heterocycles. The first-order chi connectivity index (χ1) is 10.7. The third-order valence-electron chi connectivity index (χ3n) is 3.85. The Kier molecular flexibility index (Phi) is 4.11. The number of carboxylic acid groups (broad SMARTS) is 1. The molecule has 0 aliphatic carbocycles. The normalized spacial score (nSPS) is 12.2. The van der Waals surface area contributed by atoms with Crippen molar-refractivity contribution in [1.82, 2.24) is 0 Å². The molecule has 2 aromatic carbocycles. The van der Waals surface area contributed by atoms with Gasteiger partial charge >= 0.3 is 5.97 Å². The number of carbonyl (C=O) groups is 1. The third-order valence-corrected chi connectivity index (χ3v) is 3.85. The smallest absolute Gasteiger partial charge is 0.336 e. The van der Waals surface area contributed by atoms with Crippen LogP contribution in [-0.4, -0.2) is 24.3 Å². The van der Waals surface area contributed by atoms with Gasteiger partial charge in [-0.15, -0.1) is 0 Å². The van der Waals surface area contributed by atoms with Crippen LogP contribution in [0.4, 0.5) is 0 Å². The highest BCUT2D eigenvalue weighted by Gasteiger charge is 2.24. The lowest BCUT2D eigenvalue weighted by Gasteiger charge is -2.23. The molecule has 2 aromatic rings. The van der Waals surface area contributed by atoms with Gasteiger partial charge in [-0.2, -0.15) is 0 Å². The number of fused-ring (bicyclic) bond motifs is 2. The lowest BCUT2D eigenvalue weighted by molar-refractivity contribution is 0.0693. The zero-order valence-electron chi connectivity index (χ0n) is 12.5. The van der Waals surface area contributed by atoms with Gasteiger partial charge < -0.3 is 14.6 Å². The summed E-state index contributed by atoms with van der Waals surface area (Å²) in [5.41, 5.74) is 2.91. The van der Waals surface area contributed by atoms with Gasteiger partial charge in [-0.25, -0.2) is 4.79 Å². The summed E-state index contributed by atoms with van der Waals surface area (Å²) in [6.45, 7) is 3.08. The van der Waals surface area contributed by atoms with E-state index in [4.69, 9.17) is 9.47 Å². The van der Waals surface area contributed by atoms with E-state index in [0.29, 0.717) is 37.4 Å². The summed E-state index contributed by atoms with van der Waals surface area (Å²) in [4.78, 5) is 11.7. The van der Waals surface area contributed by atoms with Crippen molar-refractivity contribution in [1.29, 1.82) is 0 Å². The van der Waals surface area contributed by atoms with Crippen LogP contribution in [0.2, 0.25) is 0 Å². The van der Waals surface area contributed by atoms with Gasteiger partial charge in [0, 0.05) is 18.6 Å². The van der Waals surface area contributed by atoms with Crippen LogP contribution in [0.25, 0.3) is 0 Å². The highest BCUT2D eigenvalue weighted by atomic mass is 16.5. The van der Waals surface area contributed by atoms with Gasteiger partial charge in [0.15, 0.2) is 0 Å². The fraction of sp³-hybridized carbons (Fsp3) is 0.278. The van der Waals surface area contributed by atoms with Crippen LogP contribution in [0.5, 0.6) is 11.5 Å². The summed E-state index contributed by atoms with van der Waals surface area (Å²) >= 11 is 0. The first-order valence-corrected chi connectivity index (χ1v) is 7.42. The first-order valence-electron chi connectivity index (χ1n) is 7.42. The van der Waals surface area contributed by atoms with Gasteiger partial charge in [0.25, 0.3) is 0 Å². The quantitative estimate of drug-likeness (QED) is 0.730. The summed E-state index contributed by atoms with van der Waals surface area (Å²) in [5.74, 6) is 0.524. The zero-order valence-corrected chi connectivity index (χ0v) is 12.5. The Bertz CT molecular complexity index is 706. The van der Waals surface area contributed by atoms with Gasteiger partial charge in [-0.1, -0.05) is 24.3 Å². The van der Waals surface area contributed by atoms with Crippen LogP contribution in [0.3, 0.4) is 0 Å². The predicted molar refractivity (Wildman–Crippen MR) is 82.9 cm³/mol. The summed E-state index contributed by atoms with van der Waals surface area (Å²) in [6.07, 6.45) is 1.17. The Morgan fingerprint density at radius 2 is 2.05 bits per heavy atom.